The van der Waals surface area contributed by atoms with E-state index in [1.165, 1.54) is 6.92 Å². The van der Waals surface area contributed by atoms with E-state index in [1.54, 1.807) is 13.8 Å². The van der Waals surface area contributed by atoms with E-state index >= 15 is 0 Å². The first-order valence-corrected chi connectivity index (χ1v) is 8.67. The molecular weight excluding hydrogens is 292 g/mol. The Bertz CT molecular complexity index is 597. The fraction of sp³-hybridized carbons (Fsp3) is 0.714. The number of nitrogens with one attached hydrogen (secondary N) is 1. The molecule has 0 radical (unpaired) electrons. The summed E-state index contributed by atoms with van der Waals surface area (Å²) in [6.45, 7) is 10.4. The highest BCUT2D eigenvalue weighted by molar-refractivity contribution is 7.92. The molecule has 0 aliphatic rings. The number of rotatable bonds is 6. The van der Waals surface area contributed by atoms with Gasteiger partial charge in [0, 0.05) is 11.1 Å². The lowest BCUT2D eigenvalue weighted by atomic mass is 10.0. The van der Waals surface area contributed by atoms with Crippen molar-refractivity contribution >= 4 is 15.7 Å². The van der Waals surface area contributed by atoms with Crippen LogP contribution < -0.4 is 5.32 Å². The molecule has 0 saturated heterocycles. The predicted molar refractivity (Wildman–Crippen MR) is 80.6 cm³/mol. The second-order valence-electron chi connectivity index (χ2n) is 5.98. The van der Waals surface area contributed by atoms with Gasteiger partial charge in [0.2, 0.25) is 5.91 Å². The molecule has 1 amide bonds. The predicted octanol–water partition coefficient (Wildman–Crippen LogP) is 1.90. The molecule has 0 aliphatic carbocycles. The Morgan fingerprint density at radius 2 is 1.95 bits per heavy atom. The highest BCUT2D eigenvalue weighted by Gasteiger charge is 2.32. The lowest BCUT2D eigenvalue weighted by Gasteiger charge is -2.26. The minimum Gasteiger partial charge on any atom is -0.361 e. The molecule has 1 aromatic heterocycles. The zero-order valence-corrected chi connectivity index (χ0v) is 14.3. The van der Waals surface area contributed by atoms with Crippen molar-refractivity contribution in [2.45, 2.75) is 64.5 Å². The second-order valence-corrected chi connectivity index (χ2v) is 8.30. The van der Waals surface area contributed by atoms with Crippen molar-refractivity contribution < 1.29 is 17.7 Å². The number of aryl methyl sites for hydroxylation is 2. The van der Waals surface area contributed by atoms with Crippen molar-refractivity contribution in [2.75, 3.05) is 0 Å². The first-order chi connectivity index (χ1) is 9.50. The first kappa shape index (κ1) is 17.7. The van der Waals surface area contributed by atoms with E-state index in [-0.39, 0.29) is 5.75 Å². The molecule has 0 aromatic carbocycles. The van der Waals surface area contributed by atoms with Gasteiger partial charge in [0.1, 0.15) is 11.0 Å². The van der Waals surface area contributed by atoms with E-state index in [0.717, 1.165) is 6.42 Å². The molecule has 0 aliphatic heterocycles. The van der Waals surface area contributed by atoms with Gasteiger partial charge in [-0.15, -0.1) is 0 Å². The Kier molecular flexibility index (Phi) is 5.20. The van der Waals surface area contributed by atoms with Crippen LogP contribution in [-0.2, 0) is 20.4 Å². The maximum absolute atomic E-state index is 12.4. The van der Waals surface area contributed by atoms with Gasteiger partial charge in [0.25, 0.3) is 0 Å². The molecule has 6 nitrogen and oxygen atoms in total. The monoisotopic (exact) mass is 316 g/mol. The topological polar surface area (TPSA) is 89.3 Å². The van der Waals surface area contributed by atoms with Gasteiger partial charge in [-0.25, -0.2) is 8.42 Å². The summed E-state index contributed by atoms with van der Waals surface area (Å²) in [6.07, 6.45) is 0.718. The molecule has 0 bridgehead atoms. The van der Waals surface area contributed by atoms with Crippen LogP contribution >= 0.6 is 0 Å². The molecule has 1 atom stereocenters. The van der Waals surface area contributed by atoms with Crippen LogP contribution in [0, 0.1) is 13.8 Å². The average molecular weight is 316 g/mol. The summed E-state index contributed by atoms with van der Waals surface area (Å²) in [6, 6.07) is 0. The molecule has 1 rings (SSSR count). The molecular formula is C14H24N2O4S. The standard InChI is InChI=1S/C14H24N2O4S/c1-7-14(5,6)15-13(17)11(4)21(18,19)8-12-9(2)16-20-10(12)3/h11H,7-8H2,1-6H3,(H,15,17). The smallest absolute Gasteiger partial charge is 0.238 e. The van der Waals surface area contributed by atoms with Crippen LogP contribution in [0.4, 0.5) is 0 Å². The van der Waals surface area contributed by atoms with Crippen molar-refractivity contribution in [3.63, 3.8) is 0 Å². The second kappa shape index (κ2) is 6.17. The van der Waals surface area contributed by atoms with E-state index in [1.807, 2.05) is 20.8 Å². The number of hydrogen-bond acceptors (Lipinski definition) is 5. The zero-order chi connectivity index (χ0) is 16.4. The molecule has 21 heavy (non-hydrogen) atoms. The van der Waals surface area contributed by atoms with Gasteiger partial charge in [-0.05, 0) is 41.0 Å². The Hall–Kier alpha value is -1.37. The van der Waals surface area contributed by atoms with Gasteiger partial charge in [-0.2, -0.15) is 0 Å². The number of sulfone groups is 1. The fourth-order valence-electron chi connectivity index (χ4n) is 1.72. The lowest BCUT2D eigenvalue weighted by molar-refractivity contribution is -0.122. The third-order valence-corrected chi connectivity index (χ3v) is 5.76. The highest BCUT2D eigenvalue weighted by Crippen LogP contribution is 2.19. The molecule has 1 unspecified atom stereocenters. The maximum atomic E-state index is 12.4. The molecule has 0 saturated carbocycles. The summed E-state index contributed by atoms with van der Waals surface area (Å²) < 4.78 is 29.7. The van der Waals surface area contributed by atoms with E-state index in [2.05, 4.69) is 10.5 Å². The van der Waals surface area contributed by atoms with Gasteiger partial charge in [0.15, 0.2) is 9.84 Å². The number of aromatic nitrogens is 1. The highest BCUT2D eigenvalue weighted by atomic mass is 32.2. The van der Waals surface area contributed by atoms with Crippen LogP contribution in [0.3, 0.4) is 0 Å². The van der Waals surface area contributed by atoms with Crippen LogP contribution in [-0.4, -0.2) is 30.3 Å². The minimum absolute atomic E-state index is 0.241. The van der Waals surface area contributed by atoms with Crippen LogP contribution in [0.15, 0.2) is 4.52 Å². The SMILES string of the molecule is CCC(C)(C)NC(=O)C(C)S(=O)(=O)Cc1c(C)noc1C. The van der Waals surface area contributed by atoms with Gasteiger partial charge in [-0.3, -0.25) is 4.79 Å². The maximum Gasteiger partial charge on any atom is 0.238 e. The van der Waals surface area contributed by atoms with Gasteiger partial charge >= 0.3 is 0 Å². The summed E-state index contributed by atoms with van der Waals surface area (Å²) in [5, 5.41) is 5.39. The van der Waals surface area contributed by atoms with Crippen LogP contribution in [0.5, 0.6) is 0 Å². The van der Waals surface area contributed by atoms with E-state index in [0.29, 0.717) is 17.0 Å². The molecule has 0 fully saturated rings. The molecule has 7 heteroatoms. The largest absolute Gasteiger partial charge is 0.361 e. The Labute approximate surface area is 126 Å². The number of nitrogens with zero attached hydrogens (tertiary/aromatic N) is 1. The Morgan fingerprint density at radius 1 is 1.38 bits per heavy atom. The van der Waals surface area contributed by atoms with Crippen LogP contribution in [0.1, 0.15) is 51.1 Å². The van der Waals surface area contributed by atoms with Crippen LogP contribution in [0.2, 0.25) is 0 Å². The van der Waals surface area contributed by atoms with Crippen molar-refractivity contribution in [3.8, 4) is 0 Å². The fourth-order valence-corrected chi connectivity index (χ4v) is 3.17. The quantitative estimate of drug-likeness (QED) is 0.865. The Balaban J connectivity index is 2.90. The molecule has 1 heterocycles. The van der Waals surface area contributed by atoms with Crippen molar-refractivity contribution in [1.29, 1.82) is 0 Å². The number of amides is 1. The van der Waals surface area contributed by atoms with Gasteiger partial charge in [0.05, 0.1) is 11.4 Å². The van der Waals surface area contributed by atoms with Gasteiger partial charge in [-0.1, -0.05) is 12.1 Å². The third kappa shape index (κ3) is 4.30. The molecule has 1 N–H and O–H groups in total. The number of hydrogen-bond donors (Lipinski definition) is 1. The van der Waals surface area contributed by atoms with E-state index in [9.17, 15) is 13.2 Å². The molecule has 120 valence electrons. The van der Waals surface area contributed by atoms with Crippen molar-refractivity contribution in [2.24, 2.45) is 0 Å². The summed E-state index contributed by atoms with van der Waals surface area (Å²) in [4.78, 5) is 12.1. The summed E-state index contributed by atoms with van der Waals surface area (Å²) >= 11 is 0. The summed E-state index contributed by atoms with van der Waals surface area (Å²) in [5.41, 5.74) is 0.645. The lowest BCUT2D eigenvalue weighted by Crippen LogP contribution is -2.48. The van der Waals surface area contributed by atoms with E-state index < -0.39 is 26.5 Å². The molecule has 1 aromatic rings. The van der Waals surface area contributed by atoms with Gasteiger partial charge < -0.3 is 9.84 Å². The minimum atomic E-state index is -3.62. The summed E-state index contributed by atoms with van der Waals surface area (Å²) in [5.74, 6) is -0.249. The Morgan fingerprint density at radius 3 is 2.38 bits per heavy atom. The zero-order valence-electron chi connectivity index (χ0n) is 13.5. The van der Waals surface area contributed by atoms with Crippen molar-refractivity contribution in [1.82, 2.24) is 10.5 Å². The average Bonchev–Trinajstić information content (AvgIpc) is 2.68. The third-order valence-electron chi connectivity index (χ3n) is 3.78. The van der Waals surface area contributed by atoms with E-state index in [4.69, 9.17) is 4.52 Å². The number of carbonyl (C=O) groups is 1. The summed E-state index contributed by atoms with van der Waals surface area (Å²) in [7, 11) is -3.62. The first-order valence-electron chi connectivity index (χ1n) is 6.95. The number of carbonyl (C=O) groups excluding carboxylic acids is 1. The molecule has 0 spiro atoms. The van der Waals surface area contributed by atoms with Crippen molar-refractivity contribution in [3.05, 3.63) is 17.0 Å². The van der Waals surface area contributed by atoms with Crippen LogP contribution in [0.25, 0.3) is 0 Å². The normalized spacial score (nSPS) is 14.0.